The minimum absolute atomic E-state index is 0.276. The molecule has 0 amide bonds. The highest BCUT2D eigenvalue weighted by atomic mass is 16.3. The van der Waals surface area contributed by atoms with E-state index < -0.39 is 0 Å². The number of aromatic hydroxyl groups is 1. The Kier molecular flexibility index (Phi) is 2.07. The van der Waals surface area contributed by atoms with Gasteiger partial charge in [0.05, 0.1) is 6.21 Å². The second-order valence-corrected chi connectivity index (χ2v) is 3.07. The number of nitrogens with zero attached hydrogens (tertiary/aromatic N) is 1. The Morgan fingerprint density at radius 3 is 2.57 bits per heavy atom. The summed E-state index contributed by atoms with van der Waals surface area (Å²) < 4.78 is 0. The van der Waals surface area contributed by atoms with Crippen molar-refractivity contribution in [1.82, 2.24) is 0 Å². The Balaban J connectivity index is 2.61. The maximum absolute atomic E-state index is 9.26. The number of phenols is 1. The molecule has 2 aromatic carbocycles. The van der Waals surface area contributed by atoms with Gasteiger partial charge in [-0.25, -0.2) is 0 Å². The zero-order chi connectivity index (χ0) is 9.97. The molecule has 3 N–H and O–H groups in total. The lowest BCUT2D eigenvalue weighted by Gasteiger charge is -1.99. The minimum Gasteiger partial charge on any atom is -0.508 e. The van der Waals surface area contributed by atoms with Crippen molar-refractivity contribution in [2.45, 2.75) is 0 Å². The summed E-state index contributed by atoms with van der Waals surface area (Å²) >= 11 is 0. The van der Waals surface area contributed by atoms with E-state index in [0.717, 1.165) is 16.3 Å². The van der Waals surface area contributed by atoms with E-state index in [2.05, 4.69) is 5.10 Å². The SMILES string of the molecule is NN=Cc1ccc2cc(O)ccc2c1. The van der Waals surface area contributed by atoms with Crippen LogP contribution in [0.4, 0.5) is 0 Å². The predicted molar refractivity (Wildman–Crippen MR) is 57.4 cm³/mol. The predicted octanol–water partition coefficient (Wildman–Crippen LogP) is 1.84. The molecule has 0 unspecified atom stereocenters. The number of phenolic OH excluding ortho intramolecular Hbond substituents is 1. The van der Waals surface area contributed by atoms with Gasteiger partial charge in [0, 0.05) is 0 Å². The third-order valence-electron chi connectivity index (χ3n) is 2.07. The van der Waals surface area contributed by atoms with Gasteiger partial charge >= 0.3 is 0 Å². The summed E-state index contributed by atoms with van der Waals surface area (Å²) in [4.78, 5) is 0. The van der Waals surface area contributed by atoms with Gasteiger partial charge in [0.15, 0.2) is 0 Å². The van der Waals surface area contributed by atoms with Crippen molar-refractivity contribution < 1.29 is 5.11 Å². The van der Waals surface area contributed by atoms with Crippen LogP contribution in [0, 0.1) is 0 Å². The lowest BCUT2D eigenvalue weighted by Crippen LogP contribution is -1.85. The Morgan fingerprint density at radius 1 is 1.07 bits per heavy atom. The molecule has 0 bridgehead atoms. The molecule has 0 fully saturated rings. The van der Waals surface area contributed by atoms with Crippen molar-refractivity contribution >= 4 is 17.0 Å². The van der Waals surface area contributed by atoms with Crippen LogP contribution >= 0.6 is 0 Å². The molecule has 0 aliphatic carbocycles. The fourth-order valence-corrected chi connectivity index (χ4v) is 1.42. The molecular formula is C11H10N2O. The largest absolute Gasteiger partial charge is 0.508 e. The van der Waals surface area contributed by atoms with Crippen LogP contribution in [-0.4, -0.2) is 11.3 Å². The van der Waals surface area contributed by atoms with E-state index in [1.54, 1.807) is 18.3 Å². The first kappa shape index (κ1) is 8.56. The van der Waals surface area contributed by atoms with Gasteiger partial charge in [0.2, 0.25) is 0 Å². The number of benzene rings is 2. The maximum Gasteiger partial charge on any atom is 0.116 e. The average molecular weight is 186 g/mol. The molecule has 2 rings (SSSR count). The average Bonchev–Trinajstić information content (AvgIpc) is 2.19. The summed E-state index contributed by atoms with van der Waals surface area (Å²) in [7, 11) is 0. The Hall–Kier alpha value is -2.03. The number of rotatable bonds is 1. The van der Waals surface area contributed by atoms with Gasteiger partial charge in [0.1, 0.15) is 5.75 Å². The number of hydrogen-bond acceptors (Lipinski definition) is 3. The summed E-state index contributed by atoms with van der Waals surface area (Å²) in [6.07, 6.45) is 1.59. The molecule has 70 valence electrons. The Labute approximate surface area is 81.5 Å². The number of fused-ring (bicyclic) bond motifs is 1. The lowest BCUT2D eigenvalue weighted by molar-refractivity contribution is 0.476. The third-order valence-corrected chi connectivity index (χ3v) is 2.07. The summed E-state index contributed by atoms with van der Waals surface area (Å²) in [5, 5.41) is 14.8. The number of hydrogen-bond donors (Lipinski definition) is 2. The zero-order valence-electron chi connectivity index (χ0n) is 7.51. The van der Waals surface area contributed by atoms with Crippen molar-refractivity contribution in [3.63, 3.8) is 0 Å². The van der Waals surface area contributed by atoms with Gasteiger partial charge in [-0.15, -0.1) is 0 Å². The fourth-order valence-electron chi connectivity index (χ4n) is 1.42. The van der Waals surface area contributed by atoms with Gasteiger partial charge in [-0.2, -0.15) is 5.10 Å². The van der Waals surface area contributed by atoms with Crippen LogP contribution in [0.5, 0.6) is 5.75 Å². The molecule has 0 radical (unpaired) electrons. The van der Waals surface area contributed by atoms with Gasteiger partial charge in [-0.05, 0) is 34.5 Å². The second-order valence-electron chi connectivity index (χ2n) is 3.07. The van der Waals surface area contributed by atoms with E-state index in [1.807, 2.05) is 24.3 Å². The van der Waals surface area contributed by atoms with Crippen molar-refractivity contribution in [1.29, 1.82) is 0 Å². The summed E-state index contributed by atoms with van der Waals surface area (Å²) in [6.45, 7) is 0. The first-order valence-electron chi connectivity index (χ1n) is 4.25. The highest BCUT2D eigenvalue weighted by Gasteiger charge is 1.95. The highest BCUT2D eigenvalue weighted by Crippen LogP contribution is 2.20. The van der Waals surface area contributed by atoms with Crippen LogP contribution in [0.2, 0.25) is 0 Å². The number of nitrogens with two attached hydrogens (primary N) is 1. The maximum atomic E-state index is 9.26. The van der Waals surface area contributed by atoms with E-state index in [9.17, 15) is 5.11 Å². The van der Waals surface area contributed by atoms with Crippen LogP contribution in [0.1, 0.15) is 5.56 Å². The molecule has 0 saturated heterocycles. The van der Waals surface area contributed by atoms with Gasteiger partial charge in [-0.1, -0.05) is 18.2 Å². The minimum atomic E-state index is 0.276. The Morgan fingerprint density at radius 2 is 1.79 bits per heavy atom. The van der Waals surface area contributed by atoms with Crippen molar-refractivity contribution in [3.05, 3.63) is 42.0 Å². The molecule has 0 atom stereocenters. The standard InChI is InChI=1S/C11H10N2O/c12-13-7-8-1-2-10-6-11(14)4-3-9(10)5-8/h1-7,14H,12H2. The fraction of sp³-hybridized carbons (Fsp3) is 0. The van der Waals surface area contributed by atoms with E-state index >= 15 is 0 Å². The summed E-state index contributed by atoms with van der Waals surface area (Å²) in [5.74, 6) is 5.33. The molecule has 3 nitrogen and oxygen atoms in total. The second kappa shape index (κ2) is 3.38. The summed E-state index contributed by atoms with van der Waals surface area (Å²) in [5.41, 5.74) is 0.950. The molecule has 0 aliphatic heterocycles. The molecule has 0 spiro atoms. The normalized spacial score (nSPS) is 11.1. The van der Waals surface area contributed by atoms with Crippen LogP contribution in [0.15, 0.2) is 41.5 Å². The van der Waals surface area contributed by atoms with Gasteiger partial charge in [0.25, 0.3) is 0 Å². The van der Waals surface area contributed by atoms with E-state index in [0.29, 0.717) is 0 Å². The highest BCUT2D eigenvalue weighted by molar-refractivity contribution is 5.90. The quantitative estimate of drug-likeness (QED) is 0.405. The van der Waals surface area contributed by atoms with Crippen LogP contribution in [-0.2, 0) is 0 Å². The monoisotopic (exact) mass is 186 g/mol. The van der Waals surface area contributed by atoms with Crippen molar-refractivity contribution in [2.24, 2.45) is 10.9 Å². The lowest BCUT2D eigenvalue weighted by atomic mass is 10.1. The molecule has 0 saturated carbocycles. The molecule has 0 heterocycles. The first-order valence-corrected chi connectivity index (χ1v) is 4.25. The first-order chi connectivity index (χ1) is 6.79. The molecule has 2 aromatic rings. The van der Waals surface area contributed by atoms with Crippen molar-refractivity contribution in [3.8, 4) is 5.75 Å². The smallest absolute Gasteiger partial charge is 0.116 e. The van der Waals surface area contributed by atoms with Crippen LogP contribution in [0.25, 0.3) is 10.8 Å². The van der Waals surface area contributed by atoms with Crippen molar-refractivity contribution in [2.75, 3.05) is 0 Å². The molecule has 0 aromatic heterocycles. The number of hydrazone groups is 1. The van der Waals surface area contributed by atoms with E-state index in [1.165, 1.54) is 0 Å². The Bertz CT molecular complexity index is 492. The van der Waals surface area contributed by atoms with Gasteiger partial charge in [-0.3, -0.25) is 0 Å². The zero-order valence-corrected chi connectivity index (χ0v) is 7.51. The topological polar surface area (TPSA) is 58.6 Å². The molecule has 14 heavy (non-hydrogen) atoms. The summed E-state index contributed by atoms with van der Waals surface area (Å²) in [6, 6.07) is 11.0. The van der Waals surface area contributed by atoms with E-state index in [4.69, 9.17) is 5.84 Å². The van der Waals surface area contributed by atoms with E-state index in [-0.39, 0.29) is 5.75 Å². The molecular weight excluding hydrogens is 176 g/mol. The third kappa shape index (κ3) is 1.52. The molecule has 3 heteroatoms. The van der Waals surface area contributed by atoms with Gasteiger partial charge < -0.3 is 10.9 Å². The van der Waals surface area contributed by atoms with Crippen LogP contribution < -0.4 is 5.84 Å². The molecule has 0 aliphatic rings. The van der Waals surface area contributed by atoms with Crippen LogP contribution in [0.3, 0.4) is 0 Å².